The van der Waals surface area contributed by atoms with Crippen molar-refractivity contribution >= 4 is 17.4 Å². The Morgan fingerprint density at radius 2 is 2.21 bits per heavy atom. The Bertz CT molecular complexity index is 474. The molecule has 1 aliphatic rings. The van der Waals surface area contributed by atoms with E-state index >= 15 is 0 Å². The summed E-state index contributed by atoms with van der Waals surface area (Å²) >= 11 is 0. The van der Waals surface area contributed by atoms with Crippen molar-refractivity contribution in [2.24, 2.45) is 5.41 Å². The number of urea groups is 1. The molecular weight excluding hydrogens is 242 g/mol. The van der Waals surface area contributed by atoms with E-state index in [-0.39, 0.29) is 23.6 Å². The molecule has 1 fully saturated rings. The summed E-state index contributed by atoms with van der Waals surface area (Å²) in [6, 6.07) is 7.03. The molecule has 0 aromatic heterocycles. The molecule has 1 saturated carbocycles. The lowest BCUT2D eigenvalue weighted by Crippen LogP contribution is -2.62. The van der Waals surface area contributed by atoms with Crippen molar-refractivity contribution in [2.45, 2.75) is 32.4 Å². The van der Waals surface area contributed by atoms with E-state index in [9.17, 15) is 4.79 Å². The van der Waals surface area contributed by atoms with Gasteiger partial charge in [-0.25, -0.2) is 4.79 Å². The molecule has 0 spiro atoms. The molecule has 2 unspecified atom stereocenters. The lowest BCUT2D eigenvalue weighted by molar-refractivity contribution is -0.0931. The molecule has 104 valence electrons. The summed E-state index contributed by atoms with van der Waals surface area (Å²) in [7, 11) is 1.70. The lowest BCUT2D eigenvalue weighted by atomic mass is 9.64. The van der Waals surface area contributed by atoms with Gasteiger partial charge < -0.3 is 21.1 Å². The fourth-order valence-corrected chi connectivity index (χ4v) is 2.47. The van der Waals surface area contributed by atoms with Gasteiger partial charge in [0.2, 0.25) is 0 Å². The van der Waals surface area contributed by atoms with Crippen LogP contribution in [0, 0.1) is 5.41 Å². The van der Waals surface area contributed by atoms with Crippen LogP contribution < -0.4 is 16.4 Å². The Morgan fingerprint density at radius 3 is 2.79 bits per heavy atom. The van der Waals surface area contributed by atoms with Crippen LogP contribution in [-0.2, 0) is 4.74 Å². The number of amides is 2. The van der Waals surface area contributed by atoms with Crippen molar-refractivity contribution in [1.82, 2.24) is 5.32 Å². The van der Waals surface area contributed by atoms with Crippen LogP contribution in [0.1, 0.15) is 20.3 Å². The van der Waals surface area contributed by atoms with Crippen LogP contribution in [0.25, 0.3) is 0 Å². The first-order valence-corrected chi connectivity index (χ1v) is 6.39. The van der Waals surface area contributed by atoms with Crippen LogP contribution >= 0.6 is 0 Å². The smallest absolute Gasteiger partial charge is 0.319 e. The summed E-state index contributed by atoms with van der Waals surface area (Å²) in [5, 5.41) is 5.75. The number of hydrogen-bond donors (Lipinski definition) is 3. The van der Waals surface area contributed by atoms with Gasteiger partial charge in [-0.05, 0) is 24.6 Å². The van der Waals surface area contributed by atoms with Crippen molar-refractivity contribution in [3.8, 4) is 0 Å². The second-order valence-corrected chi connectivity index (χ2v) is 5.56. The fraction of sp³-hybridized carbons (Fsp3) is 0.500. The minimum Gasteiger partial charge on any atom is -0.399 e. The summed E-state index contributed by atoms with van der Waals surface area (Å²) in [5.41, 5.74) is 6.94. The predicted octanol–water partition coefficient (Wildman–Crippen LogP) is 2.20. The van der Waals surface area contributed by atoms with Crippen molar-refractivity contribution in [2.75, 3.05) is 18.2 Å². The molecule has 2 rings (SSSR count). The summed E-state index contributed by atoms with van der Waals surface area (Å²) < 4.78 is 5.36. The van der Waals surface area contributed by atoms with E-state index in [0.29, 0.717) is 11.4 Å². The van der Waals surface area contributed by atoms with Gasteiger partial charge >= 0.3 is 6.03 Å². The summed E-state index contributed by atoms with van der Waals surface area (Å²) in [4.78, 5) is 11.9. The van der Waals surface area contributed by atoms with Crippen molar-refractivity contribution < 1.29 is 9.53 Å². The van der Waals surface area contributed by atoms with Crippen LogP contribution in [0.3, 0.4) is 0 Å². The van der Waals surface area contributed by atoms with Gasteiger partial charge in [-0.1, -0.05) is 19.9 Å². The number of carbonyl (C=O) groups is 1. The highest BCUT2D eigenvalue weighted by atomic mass is 16.5. The number of hydrogen-bond acceptors (Lipinski definition) is 3. The van der Waals surface area contributed by atoms with Crippen LogP contribution in [-0.4, -0.2) is 25.3 Å². The Kier molecular flexibility index (Phi) is 3.66. The molecule has 4 N–H and O–H groups in total. The van der Waals surface area contributed by atoms with Gasteiger partial charge in [-0.15, -0.1) is 0 Å². The van der Waals surface area contributed by atoms with E-state index in [1.807, 2.05) is 0 Å². The monoisotopic (exact) mass is 263 g/mol. The maximum absolute atomic E-state index is 11.9. The molecule has 5 heteroatoms. The quantitative estimate of drug-likeness (QED) is 0.732. The molecule has 0 saturated heterocycles. The second kappa shape index (κ2) is 5.09. The highest BCUT2D eigenvalue weighted by Gasteiger charge is 2.49. The molecule has 2 amide bonds. The Labute approximate surface area is 113 Å². The third-order valence-electron chi connectivity index (χ3n) is 3.91. The van der Waals surface area contributed by atoms with Gasteiger partial charge in [0.05, 0.1) is 6.10 Å². The van der Waals surface area contributed by atoms with E-state index < -0.39 is 0 Å². The number of methoxy groups -OCH3 is 1. The summed E-state index contributed by atoms with van der Waals surface area (Å²) in [6.45, 7) is 4.19. The van der Waals surface area contributed by atoms with Gasteiger partial charge in [-0.2, -0.15) is 0 Å². The maximum Gasteiger partial charge on any atom is 0.319 e. The van der Waals surface area contributed by atoms with Crippen molar-refractivity contribution in [1.29, 1.82) is 0 Å². The molecular formula is C14H21N3O2. The van der Waals surface area contributed by atoms with E-state index in [1.54, 1.807) is 31.4 Å². The highest BCUT2D eigenvalue weighted by molar-refractivity contribution is 5.90. The normalized spacial score (nSPS) is 24.4. The number of benzene rings is 1. The Balaban J connectivity index is 1.89. The number of carbonyl (C=O) groups excluding carboxylic acids is 1. The standard InChI is InChI=1S/C14H21N3O2/c1-14(2)11(8-12(14)19-3)17-13(18)16-10-6-4-5-9(15)7-10/h4-7,11-12H,8,15H2,1-3H3,(H2,16,17,18). The number of nitrogens with two attached hydrogens (primary N) is 1. The zero-order chi connectivity index (χ0) is 14.0. The fourth-order valence-electron chi connectivity index (χ4n) is 2.47. The Hall–Kier alpha value is -1.75. The van der Waals surface area contributed by atoms with Crippen LogP contribution in [0.4, 0.5) is 16.2 Å². The largest absolute Gasteiger partial charge is 0.399 e. The van der Waals surface area contributed by atoms with Crippen LogP contribution in [0.5, 0.6) is 0 Å². The highest BCUT2D eigenvalue weighted by Crippen LogP contribution is 2.42. The van der Waals surface area contributed by atoms with Crippen molar-refractivity contribution in [3.63, 3.8) is 0 Å². The third kappa shape index (κ3) is 2.81. The first kappa shape index (κ1) is 13.7. The van der Waals surface area contributed by atoms with Crippen LogP contribution in [0.2, 0.25) is 0 Å². The summed E-state index contributed by atoms with van der Waals surface area (Å²) in [6.07, 6.45) is 1.04. The van der Waals surface area contributed by atoms with E-state index in [2.05, 4.69) is 24.5 Å². The van der Waals surface area contributed by atoms with Gasteiger partial charge in [0.1, 0.15) is 0 Å². The molecule has 0 aliphatic heterocycles. The number of anilines is 2. The molecule has 2 atom stereocenters. The second-order valence-electron chi connectivity index (χ2n) is 5.56. The number of ether oxygens (including phenoxy) is 1. The molecule has 0 bridgehead atoms. The molecule has 5 nitrogen and oxygen atoms in total. The van der Waals surface area contributed by atoms with E-state index in [1.165, 1.54) is 0 Å². The van der Waals surface area contributed by atoms with Crippen LogP contribution in [0.15, 0.2) is 24.3 Å². The Morgan fingerprint density at radius 1 is 1.47 bits per heavy atom. The topological polar surface area (TPSA) is 76.4 Å². The molecule has 0 radical (unpaired) electrons. The first-order chi connectivity index (χ1) is 8.93. The number of nitrogen functional groups attached to an aromatic ring is 1. The molecule has 1 aromatic carbocycles. The number of rotatable bonds is 3. The predicted molar refractivity (Wildman–Crippen MR) is 76.0 cm³/mol. The maximum atomic E-state index is 11.9. The van der Waals surface area contributed by atoms with Gasteiger partial charge in [0.25, 0.3) is 0 Å². The van der Waals surface area contributed by atoms with E-state index in [0.717, 1.165) is 6.42 Å². The van der Waals surface area contributed by atoms with Crippen molar-refractivity contribution in [3.05, 3.63) is 24.3 Å². The minimum atomic E-state index is -0.210. The average Bonchev–Trinajstić information content (AvgIpc) is 2.34. The zero-order valence-corrected chi connectivity index (χ0v) is 11.6. The molecule has 0 heterocycles. The average molecular weight is 263 g/mol. The minimum absolute atomic E-state index is 0.0399. The summed E-state index contributed by atoms with van der Waals surface area (Å²) in [5.74, 6) is 0. The number of nitrogens with one attached hydrogen (secondary N) is 2. The molecule has 1 aliphatic carbocycles. The van der Waals surface area contributed by atoms with Gasteiger partial charge in [0, 0.05) is 29.9 Å². The van der Waals surface area contributed by atoms with E-state index in [4.69, 9.17) is 10.5 Å². The molecule has 1 aromatic rings. The van der Waals surface area contributed by atoms with Gasteiger partial charge in [-0.3, -0.25) is 0 Å². The first-order valence-electron chi connectivity index (χ1n) is 6.39. The SMILES string of the molecule is COC1CC(NC(=O)Nc2cccc(N)c2)C1(C)C. The lowest BCUT2D eigenvalue weighted by Gasteiger charge is -2.51. The molecule has 19 heavy (non-hydrogen) atoms. The zero-order valence-electron chi connectivity index (χ0n) is 11.6. The third-order valence-corrected chi connectivity index (χ3v) is 3.91. The van der Waals surface area contributed by atoms with Gasteiger partial charge in [0.15, 0.2) is 0 Å².